The van der Waals surface area contributed by atoms with Crippen LogP contribution in [0, 0.1) is 0 Å². The Hall–Kier alpha value is -3.77. The lowest BCUT2D eigenvalue weighted by Crippen LogP contribution is -2.24. The summed E-state index contributed by atoms with van der Waals surface area (Å²) in [6, 6.07) is 28.0. The molecule has 0 unspecified atom stereocenters. The Morgan fingerprint density at radius 3 is 1.15 bits per heavy atom. The molecule has 0 saturated heterocycles. The number of imide groups is 1. The number of rotatable bonds is 7. The molecule has 1 aliphatic rings. The number of hydrogen-bond acceptors (Lipinski definition) is 9. The first-order valence-electron chi connectivity index (χ1n) is 15.7. The first-order chi connectivity index (χ1) is 22.3. The summed E-state index contributed by atoms with van der Waals surface area (Å²) in [6.07, 6.45) is 3.71. The lowest BCUT2D eigenvalue weighted by molar-refractivity contribution is -0.107. The number of benzene rings is 3. The van der Waals surface area contributed by atoms with Crippen LogP contribution in [0.3, 0.4) is 0 Å². The van der Waals surface area contributed by atoms with E-state index in [0.29, 0.717) is 17.5 Å². The van der Waals surface area contributed by atoms with E-state index in [0.717, 1.165) is 50.2 Å². The summed E-state index contributed by atoms with van der Waals surface area (Å²) in [5, 5.41) is 0. The highest BCUT2D eigenvalue weighted by atomic mass is 16.2. The number of aldehydes is 1. The van der Waals surface area contributed by atoms with Crippen LogP contribution in [0.5, 0.6) is 0 Å². The standard InChI is InChI=1S/C15H17N.C9H7NO2.2C3H9N.C3H6O.C2H6.CH5N.H4N2/c1-16(12-14-8-4-2-5-9-14)13-15-10-6-3-7-11-15;1-10-8(11)6-4-2-3-5-7(6)9(10)12;3*1-2-3-4;3*1-2/h2-11H,12-13H2,1H3;2-5H,1H3;2*2-4H2,1H3;3H,2H2,1H3;1-2H3;2H2,1H3;1-2H2. The van der Waals surface area contributed by atoms with Gasteiger partial charge in [-0.25, -0.2) is 0 Å². The van der Waals surface area contributed by atoms with E-state index in [9.17, 15) is 14.4 Å². The molecule has 4 rings (SSSR count). The average Bonchev–Trinajstić information content (AvgIpc) is 3.35. The van der Waals surface area contributed by atoms with Gasteiger partial charge in [-0.15, -0.1) is 0 Å². The average molecular weight is 642 g/mol. The Morgan fingerprint density at radius 2 is 0.913 bits per heavy atom. The smallest absolute Gasteiger partial charge is 0.261 e. The molecule has 46 heavy (non-hydrogen) atoms. The SMILES string of the molecule is CC.CCC=O.CCCN.CCCN.CN.CN(Cc1ccccc1)Cc1ccccc1.CN1C(=O)c2ccccc2C1=O.NN. The van der Waals surface area contributed by atoms with Crippen molar-refractivity contribution in [1.82, 2.24) is 9.80 Å². The molecule has 0 fully saturated rings. The predicted octanol–water partition coefficient (Wildman–Crippen LogP) is 4.96. The fourth-order valence-electron chi connectivity index (χ4n) is 3.16. The molecule has 0 atom stereocenters. The Morgan fingerprint density at radius 1 is 0.652 bits per heavy atom. The molecule has 0 aliphatic carbocycles. The third-order valence-electron chi connectivity index (χ3n) is 5.33. The third-order valence-corrected chi connectivity index (χ3v) is 5.33. The summed E-state index contributed by atoms with van der Waals surface area (Å²) < 4.78 is 0. The Bertz CT molecular complexity index is 1000. The maximum Gasteiger partial charge on any atom is 0.261 e. The van der Waals surface area contributed by atoms with Crippen LogP contribution in [0.4, 0.5) is 0 Å². The molecule has 3 aromatic carbocycles. The number of hydrazine groups is 1. The van der Waals surface area contributed by atoms with Crippen LogP contribution in [0.1, 0.15) is 85.7 Å². The van der Waals surface area contributed by atoms with Gasteiger partial charge in [0.1, 0.15) is 6.29 Å². The van der Waals surface area contributed by atoms with Gasteiger partial charge >= 0.3 is 0 Å². The molecule has 10 nitrogen and oxygen atoms in total. The molecular formula is C36H63N7O3. The quantitative estimate of drug-likeness (QED) is 0.103. The minimum Gasteiger partial charge on any atom is -0.333 e. The molecule has 0 saturated carbocycles. The molecule has 3 aromatic rings. The van der Waals surface area contributed by atoms with Crippen molar-refractivity contribution in [1.29, 1.82) is 0 Å². The van der Waals surface area contributed by atoms with Gasteiger partial charge in [-0.2, -0.15) is 0 Å². The summed E-state index contributed by atoms with van der Waals surface area (Å²) in [5.74, 6) is 7.58. The van der Waals surface area contributed by atoms with Crippen molar-refractivity contribution < 1.29 is 14.4 Å². The van der Waals surface area contributed by atoms with Crippen LogP contribution in [0.15, 0.2) is 84.9 Å². The van der Waals surface area contributed by atoms with E-state index in [1.807, 2.05) is 20.8 Å². The molecule has 2 amide bonds. The number of hydrogen-bond donors (Lipinski definition) is 5. The van der Waals surface area contributed by atoms with Crippen LogP contribution in [-0.2, 0) is 17.9 Å². The van der Waals surface area contributed by atoms with E-state index in [4.69, 9.17) is 11.5 Å². The van der Waals surface area contributed by atoms with Crippen LogP contribution in [0.25, 0.3) is 0 Å². The van der Waals surface area contributed by atoms with Gasteiger partial charge < -0.3 is 22.0 Å². The highest BCUT2D eigenvalue weighted by Gasteiger charge is 2.31. The lowest BCUT2D eigenvalue weighted by Gasteiger charge is -2.16. The Kier molecular flexibility index (Phi) is 40.0. The van der Waals surface area contributed by atoms with Crippen molar-refractivity contribution in [3.8, 4) is 0 Å². The van der Waals surface area contributed by atoms with Crippen molar-refractivity contribution in [3.05, 3.63) is 107 Å². The summed E-state index contributed by atoms with van der Waals surface area (Å²) >= 11 is 0. The largest absolute Gasteiger partial charge is 0.333 e. The second kappa shape index (κ2) is 37.4. The summed E-state index contributed by atoms with van der Waals surface area (Å²) in [7, 11) is 5.14. The molecule has 0 bridgehead atoms. The number of carbonyl (C=O) groups is 3. The van der Waals surface area contributed by atoms with Crippen LogP contribution < -0.4 is 28.9 Å². The summed E-state index contributed by atoms with van der Waals surface area (Å²) in [4.78, 5) is 35.3. The lowest BCUT2D eigenvalue weighted by atomic mass is 10.1. The minimum absolute atomic E-state index is 0.212. The number of nitrogens with zero attached hydrogens (tertiary/aromatic N) is 2. The van der Waals surface area contributed by atoms with E-state index in [2.05, 4.69) is 104 Å². The van der Waals surface area contributed by atoms with Crippen molar-refractivity contribution in [2.24, 2.45) is 28.9 Å². The van der Waals surface area contributed by atoms with Gasteiger partial charge in [0, 0.05) is 26.6 Å². The zero-order valence-corrected chi connectivity index (χ0v) is 29.6. The van der Waals surface area contributed by atoms with Crippen molar-refractivity contribution in [2.75, 3.05) is 34.2 Å². The molecule has 10 heteroatoms. The van der Waals surface area contributed by atoms with E-state index in [1.54, 1.807) is 24.3 Å². The summed E-state index contributed by atoms with van der Waals surface area (Å²) in [5.41, 5.74) is 18.3. The first-order valence-corrected chi connectivity index (χ1v) is 15.7. The third kappa shape index (κ3) is 24.5. The predicted molar refractivity (Wildman–Crippen MR) is 196 cm³/mol. The summed E-state index contributed by atoms with van der Waals surface area (Å²) in [6.45, 7) is 13.6. The van der Waals surface area contributed by atoms with Gasteiger partial charge in [0.05, 0.1) is 11.1 Å². The van der Waals surface area contributed by atoms with E-state index in [-0.39, 0.29) is 11.8 Å². The van der Waals surface area contributed by atoms with E-state index >= 15 is 0 Å². The molecule has 0 aromatic heterocycles. The van der Waals surface area contributed by atoms with Gasteiger partial charge in [-0.05, 0) is 63.3 Å². The molecule has 1 heterocycles. The molecule has 0 spiro atoms. The fourth-order valence-corrected chi connectivity index (χ4v) is 3.16. The first kappa shape index (κ1) is 49.1. The van der Waals surface area contributed by atoms with E-state index < -0.39 is 0 Å². The molecule has 0 radical (unpaired) electrons. The molecule has 1 aliphatic heterocycles. The number of nitrogens with two attached hydrogens (primary N) is 5. The molecular weight excluding hydrogens is 578 g/mol. The molecule has 10 N–H and O–H groups in total. The van der Waals surface area contributed by atoms with Crippen molar-refractivity contribution >= 4 is 18.1 Å². The van der Waals surface area contributed by atoms with Gasteiger partial charge in [-0.1, -0.05) is 107 Å². The van der Waals surface area contributed by atoms with Crippen molar-refractivity contribution in [3.63, 3.8) is 0 Å². The second-order valence-corrected chi connectivity index (χ2v) is 9.01. The number of carbonyl (C=O) groups excluding carboxylic acids is 3. The fraction of sp³-hybridized carbons (Fsp3) is 0.417. The van der Waals surface area contributed by atoms with Crippen LogP contribution in [-0.4, -0.2) is 62.1 Å². The normalized spacial score (nSPS) is 9.91. The minimum atomic E-state index is -0.212. The zero-order valence-electron chi connectivity index (χ0n) is 29.6. The topological polar surface area (TPSA) is 188 Å². The monoisotopic (exact) mass is 641 g/mol. The Balaban J connectivity index is -0.000000259. The van der Waals surface area contributed by atoms with Gasteiger partial charge in [0.15, 0.2) is 0 Å². The van der Waals surface area contributed by atoms with Crippen LogP contribution >= 0.6 is 0 Å². The Labute approximate surface area is 279 Å². The van der Waals surface area contributed by atoms with Crippen LogP contribution in [0.2, 0.25) is 0 Å². The maximum atomic E-state index is 11.3. The van der Waals surface area contributed by atoms with Gasteiger partial charge in [0.25, 0.3) is 11.8 Å². The zero-order chi connectivity index (χ0) is 36.2. The highest BCUT2D eigenvalue weighted by molar-refractivity contribution is 6.21. The van der Waals surface area contributed by atoms with E-state index in [1.165, 1.54) is 25.2 Å². The van der Waals surface area contributed by atoms with Gasteiger partial charge in [0.2, 0.25) is 0 Å². The second-order valence-electron chi connectivity index (χ2n) is 9.01. The maximum absolute atomic E-state index is 11.3. The van der Waals surface area contributed by atoms with Gasteiger partial charge in [-0.3, -0.25) is 31.1 Å². The highest BCUT2D eigenvalue weighted by Crippen LogP contribution is 2.20. The number of fused-ring (bicyclic) bond motifs is 1. The molecule has 260 valence electrons. The van der Waals surface area contributed by atoms with Crippen molar-refractivity contribution in [2.45, 2.75) is 67.0 Å². The number of amides is 2.